The minimum atomic E-state index is -0.209. The van der Waals surface area contributed by atoms with Gasteiger partial charge in [-0.3, -0.25) is 0 Å². The molecular weight excluding hydrogens is 342 g/mol. The second-order valence-corrected chi connectivity index (χ2v) is 7.56. The first-order valence-corrected chi connectivity index (χ1v) is 8.28. The minimum Gasteiger partial charge on any atom is -0.350 e. The SMILES string of the molecule is CC(C)(Nc1nc2cc(Br)ccc2s1)c1nccs1. The van der Waals surface area contributed by atoms with Crippen LogP contribution in [0.15, 0.2) is 34.2 Å². The third-order valence-electron chi connectivity index (χ3n) is 2.74. The average Bonchev–Trinajstić information content (AvgIpc) is 2.95. The Bertz CT molecular complexity index is 704. The van der Waals surface area contributed by atoms with Crippen LogP contribution in [0, 0.1) is 0 Å². The van der Waals surface area contributed by atoms with Crippen LogP contribution in [0.3, 0.4) is 0 Å². The zero-order valence-electron chi connectivity index (χ0n) is 10.5. The number of rotatable bonds is 3. The van der Waals surface area contributed by atoms with E-state index < -0.39 is 0 Å². The number of nitrogens with one attached hydrogen (secondary N) is 1. The average molecular weight is 354 g/mol. The van der Waals surface area contributed by atoms with E-state index in [1.54, 1.807) is 22.7 Å². The Labute approximate surface area is 127 Å². The van der Waals surface area contributed by atoms with Crippen molar-refractivity contribution in [2.24, 2.45) is 0 Å². The maximum absolute atomic E-state index is 4.62. The molecule has 0 amide bonds. The van der Waals surface area contributed by atoms with Crippen LogP contribution < -0.4 is 5.32 Å². The van der Waals surface area contributed by atoms with Crippen LogP contribution in [0.5, 0.6) is 0 Å². The Morgan fingerprint density at radius 1 is 1.32 bits per heavy atom. The highest BCUT2D eigenvalue weighted by molar-refractivity contribution is 9.10. The van der Waals surface area contributed by atoms with Gasteiger partial charge < -0.3 is 5.32 Å². The molecule has 3 aromatic rings. The first kappa shape index (κ1) is 13.0. The van der Waals surface area contributed by atoms with Crippen LogP contribution >= 0.6 is 38.6 Å². The van der Waals surface area contributed by atoms with Crippen LogP contribution in [0.25, 0.3) is 10.2 Å². The van der Waals surface area contributed by atoms with Gasteiger partial charge in [-0.15, -0.1) is 11.3 Å². The van der Waals surface area contributed by atoms with Crippen molar-refractivity contribution in [3.8, 4) is 0 Å². The van der Waals surface area contributed by atoms with Crippen molar-refractivity contribution in [2.45, 2.75) is 19.4 Å². The number of halogens is 1. The van der Waals surface area contributed by atoms with E-state index in [1.165, 1.54) is 4.70 Å². The standard InChI is InChI=1S/C13H12BrN3S2/c1-13(2,11-15-5-6-18-11)17-12-16-9-7-8(14)3-4-10(9)19-12/h3-7H,1-2H3,(H,16,17). The molecule has 0 unspecified atom stereocenters. The maximum Gasteiger partial charge on any atom is 0.184 e. The number of hydrogen-bond acceptors (Lipinski definition) is 5. The molecule has 0 radical (unpaired) electrons. The van der Waals surface area contributed by atoms with Gasteiger partial charge in [-0.05, 0) is 32.0 Å². The Kier molecular flexibility index (Phi) is 3.32. The highest BCUT2D eigenvalue weighted by Crippen LogP contribution is 2.33. The van der Waals surface area contributed by atoms with E-state index in [0.717, 1.165) is 20.1 Å². The van der Waals surface area contributed by atoms with E-state index in [4.69, 9.17) is 0 Å². The molecule has 2 aromatic heterocycles. The number of fused-ring (bicyclic) bond motifs is 1. The van der Waals surface area contributed by atoms with Crippen molar-refractivity contribution in [1.29, 1.82) is 0 Å². The Morgan fingerprint density at radius 2 is 2.16 bits per heavy atom. The van der Waals surface area contributed by atoms with Gasteiger partial charge in [0.25, 0.3) is 0 Å². The van der Waals surface area contributed by atoms with Crippen molar-refractivity contribution >= 4 is 54.0 Å². The monoisotopic (exact) mass is 353 g/mol. The predicted molar refractivity (Wildman–Crippen MR) is 86.1 cm³/mol. The fourth-order valence-corrected chi connectivity index (χ4v) is 3.88. The Morgan fingerprint density at radius 3 is 2.89 bits per heavy atom. The number of anilines is 1. The molecular formula is C13H12BrN3S2. The van der Waals surface area contributed by atoms with Gasteiger partial charge in [0.15, 0.2) is 5.13 Å². The molecule has 0 aliphatic heterocycles. The van der Waals surface area contributed by atoms with E-state index in [-0.39, 0.29) is 5.54 Å². The van der Waals surface area contributed by atoms with Crippen LogP contribution in [-0.2, 0) is 5.54 Å². The zero-order valence-corrected chi connectivity index (χ0v) is 13.7. The first-order valence-electron chi connectivity index (χ1n) is 5.79. The highest BCUT2D eigenvalue weighted by atomic mass is 79.9. The maximum atomic E-state index is 4.62. The van der Waals surface area contributed by atoms with Gasteiger partial charge in [-0.1, -0.05) is 27.3 Å². The second kappa shape index (κ2) is 4.85. The van der Waals surface area contributed by atoms with E-state index in [9.17, 15) is 0 Å². The molecule has 0 fully saturated rings. The van der Waals surface area contributed by atoms with Crippen LogP contribution in [0.4, 0.5) is 5.13 Å². The molecule has 1 aromatic carbocycles. The molecule has 19 heavy (non-hydrogen) atoms. The fraction of sp³-hybridized carbons (Fsp3) is 0.231. The van der Waals surface area contributed by atoms with E-state index in [2.05, 4.69) is 51.1 Å². The smallest absolute Gasteiger partial charge is 0.184 e. The van der Waals surface area contributed by atoms with Crippen molar-refractivity contribution in [1.82, 2.24) is 9.97 Å². The summed E-state index contributed by atoms with van der Waals surface area (Å²) in [5.41, 5.74) is 0.802. The van der Waals surface area contributed by atoms with Gasteiger partial charge in [0.1, 0.15) is 5.01 Å². The molecule has 0 bridgehead atoms. The molecule has 0 spiro atoms. The minimum absolute atomic E-state index is 0.209. The zero-order chi connectivity index (χ0) is 13.5. The molecule has 0 aliphatic rings. The predicted octanol–water partition coefficient (Wildman–Crippen LogP) is 4.86. The molecule has 3 rings (SSSR count). The summed E-state index contributed by atoms with van der Waals surface area (Å²) in [5, 5.41) is 7.45. The summed E-state index contributed by atoms with van der Waals surface area (Å²) in [4.78, 5) is 9.00. The summed E-state index contributed by atoms with van der Waals surface area (Å²) in [6.45, 7) is 4.24. The fourth-order valence-electron chi connectivity index (χ4n) is 1.81. The van der Waals surface area contributed by atoms with E-state index >= 15 is 0 Å². The molecule has 0 saturated carbocycles. The normalized spacial score (nSPS) is 11.9. The number of nitrogens with zero attached hydrogens (tertiary/aromatic N) is 2. The number of benzene rings is 1. The summed E-state index contributed by atoms with van der Waals surface area (Å²) in [7, 11) is 0. The number of aromatic nitrogens is 2. The molecule has 98 valence electrons. The Balaban J connectivity index is 1.93. The summed E-state index contributed by atoms with van der Waals surface area (Å²) >= 11 is 6.79. The summed E-state index contributed by atoms with van der Waals surface area (Å²) in [6.07, 6.45) is 1.83. The summed E-state index contributed by atoms with van der Waals surface area (Å²) in [5.74, 6) is 0. The molecule has 0 atom stereocenters. The number of thiazole rings is 2. The third-order valence-corrected chi connectivity index (χ3v) is 5.28. The van der Waals surface area contributed by atoms with Crippen molar-refractivity contribution in [2.75, 3.05) is 5.32 Å². The van der Waals surface area contributed by atoms with Gasteiger partial charge in [0.05, 0.1) is 15.8 Å². The third kappa shape index (κ3) is 2.66. The van der Waals surface area contributed by atoms with Crippen LogP contribution in [0.2, 0.25) is 0 Å². The molecule has 0 aliphatic carbocycles. The molecule has 2 heterocycles. The van der Waals surface area contributed by atoms with Gasteiger partial charge >= 0.3 is 0 Å². The topological polar surface area (TPSA) is 37.8 Å². The second-order valence-electron chi connectivity index (χ2n) is 4.72. The molecule has 6 heteroatoms. The molecule has 3 nitrogen and oxygen atoms in total. The van der Waals surface area contributed by atoms with E-state index in [0.29, 0.717) is 0 Å². The molecule has 1 N–H and O–H groups in total. The summed E-state index contributed by atoms with van der Waals surface area (Å²) in [6, 6.07) is 6.16. The van der Waals surface area contributed by atoms with Crippen molar-refractivity contribution in [3.63, 3.8) is 0 Å². The lowest BCUT2D eigenvalue weighted by molar-refractivity contribution is 0.604. The largest absolute Gasteiger partial charge is 0.350 e. The van der Waals surface area contributed by atoms with Gasteiger partial charge in [-0.2, -0.15) is 0 Å². The van der Waals surface area contributed by atoms with Crippen LogP contribution in [-0.4, -0.2) is 9.97 Å². The lowest BCUT2D eigenvalue weighted by Gasteiger charge is -2.23. The lowest BCUT2D eigenvalue weighted by Crippen LogP contribution is -2.27. The van der Waals surface area contributed by atoms with Crippen LogP contribution in [0.1, 0.15) is 18.9 Å². The summed E-state index contributed by atoms with van der Waals surface area (Å²) < 4.78 is 2.23. The van der Waals surface area contributed by atoms with Gasteiger partial charge in [0, 0.05) is 16.0 Å². The van der Waals surface area contributed by atoms with Gasteiger partial charge in [-0.25, -0.2) is 9.97 Å². The van der Waals surface area contributed by atoms with Crippen molar-refractivity contribution in [3.05, 3.63) is 39.3 Å². The number of hydrogen-bond donors (Lipinski definition) is 1. The molecule has 0 saturated heterocycles. The van der Waals surface area contributed by atoms with Crippen molar-refractivity contribution < 1.29 is 0 Å². The Hall–Kier alpha value is -0.980. The first-order chi connectivity index (χ1) is 9.04. The lowest BCUT2D eigenvalue weighted by atomic mass is 10.1. The quantitative estimate of drug-likeness (QED) is 0.730. The highest BCUT2D eigenvalue weighted by Gasteiger charge is 2.24. The van der Waals surface area contributed by atoms with Gasteiger partial charge in [0.2, 0.25) is 0 Å². The van der Waals surface area contributed by atoms with E-state index in [1.807, 2.05) is 23.7 Å².